The summed E-state index contributed by atoms with van der Waals surface area (Å²) in [6, 6.07) is 6.82. The second-order valence-electron chi connectivity index (χ2n) is 5.61. The molecule has 2 rings (SSSR count). The van der Waals surface area contributed by atoms with Gasteiger partial charge in [-0.25, -0.2) is 10.4 Å². The number of rotatable bonds is 8. The van der Waals surface area contributed by atoms with Gasteiger partial charge in [-0.05, 0) is 19.1 Å². The summed E-state index contributed by atoms with van der Waals surface area (Å²) < 4.78 is 1.35. The molecule has 26 heavy (non-hydrogen) atoms. The lowest BCUT2D eigenvalue weighted by Crippen LogP contribution is -2.46. The van der Waals surface area contributed by atoms with Gasteiger partial charge in [-0.3, -0.25) is 9.36 Å². The predicted octanol–water partition coefficient (Wildman–Crippen LogP) is -1.75. The van der Waals surface area contributed by atoms with E-state index in [1.54, 1.807) is 31.2 Å². The first-order chi connectivity index (χ1) is 12.4. The van der Waals surface area contributed by atoms with Crippen LogP contribution in [0.1, 0.15) is 6.92 Å². The summed E-state index contributed by atoms with van der Waals surface area (Å²) in [6.07, 6.45) is -5.86. The Morgan fingerprint density at radius 3 is 2.58 bits per heavy atom. The highest BCUT2D eigenvalue weighted by atomic mass is 16.4. The number of fused-ring (bicyclic) bond motifs is 1. The quantitative estimate of drug-likeness (QED) is 0.237. The fourth-order valence-corrected chi connectivity index (χ4v) is 2.34. The van der Waals surface area contributed by atoms with Crippen molar-refractivity contribution < 1.29 is 25.5 Å². The Morgan fingerprint density at radius 2 is 1.92 bits per heavy atom. The standard InChI is InChI=1S/C16H22N4O6/c1-2-20-15(26)9-5-3-4-6-10(9)18-16(20)19-17-7-11(22)13(24)14(25)12(23)8-21/h3-7,11-14,21-25H,2,8H2,1H3,(H,18,19)/b17-7+/t11-,12+,13+,14-/m0/s1. The lowest BCUT2D eigenvalue weighted by atomic mass is 10.0. The van der Waals surface area contributed by atoms with Gasteiger partial charge in [-0.1, -0.05) is 12.1 Å². The summed E-state index contributed by atoms with van der Waals surface area (Å²) in [5, 5.41) is 51.2. The van der Waals surface area contributed by atoms with E-state index in [2.05, 4.69) is 15.5 Å². The van der Waals surface area contributed by atoms with Gasteiger partial charge >= 0.3 is 0 Å². The van der Waals surface area contributed by atoms with E-state index in [9.17, 15) is 25.2 Å². The number of anilines is 1. The zero-order valence-electron chi connectivity index (χ0n) is 14.1. The van der Waals surface area contributed by atoms with Crippen molar-refractivity contribution in [2.24, 2.45) is 5.10 Å². The Balaban J connectivity index is 2.18. The third kappa shape index (κ3) is 4.23. The molecule has 142 valence electrons. The predicted molar refractivity (Wildman–Crippen MR) is 94.9 cm³/mol. The number of aliphatic hydroxyl groups is 5. The lowest BCUT2D eigenvalue weighted by molar-refractivity contribution is -0.0999. The monoisotopic (exact) mass is 366 g/mol. The van der Waals surface area contributed by atoms with Crippen molar-refractivity contribution in [2.75, 3.05) is 12.0 Å². The van der Waals surface area contributed by atoms with Crippen molar-refractivity contribution in [1.82, 2.24) is 9.55 Å². The third-order valence-electron chi connectivity index (χ3n) is 3.85. The number of nitrogens with zero attached hydrogens (tertiary/aromatic N) is 3. The van der Waals surface area contributed by atoms with Gasteiger partial charge in [0.05, 0.1) is 23.7 Å². The van der Waals surface area contributed by atoms with Gasteiger partial charge < -0.3 is 25.5 Å². The van der Waals surface area contributed by atoms with E-state index in [1.807, 2.05) is 0 Å². The van der Waals surface area contributed by atoms with Crippen LogP contribution in [0, 0.1) is 0 Å². The molecule has 1 heterocycles. The average molecular weight is 366 g/mol. The minimum absolute atomic E-state index is 0.144. The second-order valence-corrected chi connectivity index (χ2v) is 5.61. The van der Waals surface area contributed by atoms with Crippen LogP contribution in [0.5, 0.6) is 0 Å². The Hall–Kier alpha value is -2.37. The maximum Gasteiger partial charge on any atom is 0.262 e. The van der Waals surface area contributed by atoms with Gasteiger partial charge in [0.25, 0.3) is 5.56 Å². The molecule has 0 aliphatic rings. The summed E-state index contributed by atoms with van der Waals surface area (Å²) in [7, 11) is 0. The summed E-state index contributed by atoms with van der Waals surface area (Å²) in [5.74, 6) is 0.144. The fourth-order valence-electron chi connectivity index (χ4n) is 2.34. The molecule has 0 saturated carbocycles. The Morgan fingerprint density at radius 1 is 1.23 bits per heavy atom. The molecule has 0 bridgehead atoms. The highest BCUT2D eigenvalue weighted by Crippen LogP contribution is 2.11. The topological polar surface area (TPSA) is 160 Å². The highest BCUT2D eigenvalue weighted by Gasteiger charge is 2.29. The van der Waals surface area contributed by atoms with Crippen LogP contribution in [-0.2, 0) is 6.54 Å². The molecule has 0 unspecified atom stereocenters. The molecule has 0 amide bonds. The number of hydrogen-bond donors (Lipinski definition) is 6. The maximum absolute atomic E-state index is 12.4. The van der Waals surface area contributed by atoms with Crippen LogP contribution in [0.4, 0.5) is 5.95 Å². The van der Waals surface area contributed by atoms with E-state index >= 15 is 0 Å². The smallest absolute Gasteiger partial charge is 0.262 e. The number of hydrazone groups is 1. The first kappa shape index (κ1) is 19.9. The van der Waals surface area contributed by atoms with Gasteiger partial charge in [-0.2, -0.15) is 5.10 Å². The first-order valence-corrected chi connectivity index (χ1v) is 8.02. The molecule has 1 aromatic heterocycles. The summed E-state index contributed by atoms with van der Waals surface area (Å²) in [5.41, 5.74) is 2.74. The molecule has 0 aliphatic heterocycles. The van der Waals surface area contributed by atoms with E-state index in [4.69, 9.17) is 5.11 Å². The highest BCUT2D eigenvalue weighted by molar-refractivity contribution is 5.78. The SMILES string of the molecule is CCn1c(N/N=C/[C@H](O)[C@@H](O)[C@@H](O)[C@H](O)CO)nc2ccccc2c1=O. The fraction of sp³-hybridized carbons (Fsp3) is 0.438. The number of para-hydroxylation sites is 1. The number of nitrogens with one attached hydrogen (secondary N) is 1. The zero-order valence-corrected chi connectivity index (χ0v) is 14.1. The molecule has 10 heteroatoms. The lowest BCUT2D eigenvalue weighted by Gasteiger charge is -2.23. The Bertz CT molecular complexity index is 824. The van der Waals surface area contributed by atoms with Crippen LogP contribution in [0.3, 0.4) is 0 Å². The number of hydrogen-bond acceptors (Lipinski definition) is 9. The van der Waals surface area contributed by atoms with Gasteiger partial charge in [0, 0.05) is 6.54 Å². The van der Waals surface area contributed by atoms with Gasteiger partial charge in [0.15, 0.2) is 0 Å². The van der Waals surface area contributed by atoms with E-state index < -0.39 is 31.0 Å². The summed E-state index contributed by atoms with van der Waals surface area (Å²) in [6.45, 7) is 1.32. The van der Waals surface area contributed by atoms with Crippen molar-refractivity contribution in [3.05, 3.63) is 34.6 Å². The van der Waals surface area contributed by atoms with Crippen molar-refractivity contribution in [3.63, 3.8) is 0 Å². The summed E-state index contributed by atoms with van der Waals surface area (Å²) in [4.78, 5) is 16.7. The third-order valence-corrected chi connectivity index (χ3v) is 3.85. The minimum Gasteiger partial charge on any atom is -0.394 e. The first-order valence-electron chi connectivity index (χ1n) is 8.02. The van der Waals surface area contributed by atoms with Crippen LogP contribution in [0.2, 0.25) is 0 Å². The van der Waals surface area contributed by atoms with Crippen molar-refractivity contribution in [2.45, 2.75) is 37.9 Å². The largest absolute Gasteiger partial charge is 0.394 e. The molecule has 6 N–H and O–H groups in total. The summed E-state index contributed by atoms with van der Waals surface area (Å²) >= 11 is 0. The van der Waals surface area contributed by atoms with Crippen LogP contribution >= 0.6 is 0 Å². The molecule has 4 atom stereocenters. The van der Waals surface area contributed by atoms with Crippen molar-refractivity contribution >= 4 is 23.1 Å². The van der Waals surface area contributed by atoms with Gasteiger partial charge in [0.2, 0.25) is 5.95 Å². The zero-order chi connectivity index (χ0) is 19.3. The number of aliphatic hydroxyl groups excluding tert-OH is 5. The van der Waals surface area contributed by atoms with Gasteiger partial charge in [0.1, 0.15) is 24.4 Å². The van der Waals surface area contributed by atoms with Gasteiger partial charge in [-0.15, -0.1) is 0 Å². The molecular weight excluding hydrogens is 344 g/mol. The molecule has 0 spiro atoms. The van der Waals surface area contributed by atoms with Crippen molar-refractivity contribution in [3.8, 4) is 0 Å². The Labute approximate surface area is 148 Å². The second kappa shape index (κ2) is 8.83. The normalized spacial score (nSPS) is 16.5. The van der Waals surface area contributed by atoms with Crippen LogP contribution in [-0.4, -0.2) is 72.3 Å². The number of aromatic nitrogens is 2. The van der Waals surface area contributed by atoms with Crippen LogP contribution < -0.4 is 11.0 Å². The minimum atomic E-state index is -1.76. The average Bonchev–Trinajstić information content (AvgIpc) is 2.66. The van der Waals surface area contributed by atoms with E-state index in [1.165, 1.54) is 4.57 Å². The van der Waals surface area contributed by atoms with Crippen LogP contribution in [0.15, 0.2) is 34.2 Å². The number of benzene rings is 1. The molecule has 10 nitrogen and oxygen atoms in total. The van der Waals surface area contributed by atoms with E-state index in [0.29, 0.717) is 17.4 Å². The molecule has 0 fully saturated rings. The van der Waals surface area contributed by atoms with Crippen LogP contribution in [0.25, 0.3) is 10.9 Å². The van der Waals surface area contributed by atoms with E-state index in [0.717, 1.165) is 6.21 Å². The molecule has 0 saturated heterocycles. The Kier molecular flexibility index (Phi) is 6.77. The van der Waals surface area contributed by atoms with Crippen molar-refractivity contribution in [1.29, 1.82) is 0 Å². The molecular formula is C16H22N4O6. The maximum atomic E-state index is 12.4. The molecule has 1 aromatic carbocycles. The molecule has 2 aromatic rings. The van der Waals surface area contributed by atoms with E-state index in [-0.39, 0.29) is 11.5 Å². The molecule has 0 radical (unpaired) electrons. The molecule has 0 aliphatic carbocycles.